The second-order valence-corrected chi connectivity index (χ2v) is 10.5. The lowest BCUT2D eigenvalue weighted by Gasteiger charge is -2.29. The van der Waals surface area contributed by atoms with Crippen molar-refractivity contribution in [1.82, 2.24) is 4.90 Å². The number of hydrogen-bond donors (Lipinski definition) is 2. The second-order valence-electron chi connectivity index (χ2n) is 8.33. The van der Waals surface area contributed by atoms with E-state index >= 15 is 4.39 Å². The van der Waals surface area contributed by atoms with Gasteiger partial charge in [-0.2, -0.15) is 0 Å². The molecule has 0 radical (unpaired) electrons. The molecule has 1 saturated heterocycles. The second kappa shape index (κ2) is 9.67. The lowest BCUT2D eigenvalue weighted by Crippen LogP contribution is -2.42. The molecule has 0 spiro atoms. The highest BCUT2D eigenvalue weighted by Gasteiger charge is 2.42. The van der Waals surface area contributed by atoms with Crippen LogP contribution < -0.4 is 4.72 Å². The number of carbonyl (C=O) groups excluding carboxylic acids is 1. The highest BCUT2D eigenvalue weighted by molar-refractivity contribution is 7.92. The van der Waals surface area contributed by atoms with Crippen molar-refractivity contribution in [3.63, 3.8) is 0 Å². The van der Waals surface area contributed by atoms with Crippen LogP contribution in [-0.4, -0.2) is 42.6 Å². The summed E-state index contributed by atoms with van der Waals surface area (Å²) >= 11 is 6.33. The number of nitrogens with one attached hydrogen (secondary N) is 1. The largest absolute Gasteiger partial charge is 0.480 e. The van der Waals surface area contributed by atoms with Crippen molar-refractivity contribution < 1.29 is 27.5 Å². The predicted octanol–water partition coefficient (Wildman–Crippen LogP) is 4.95. The van der Waals surface area contributed by atoms with Crippen molar-refractivity contribution >= 4 is 39.2 Å². The van der Waals surface area contributed by atoms with Gasteiger partial charge in [-0.15, -0.1) is 0 Å². The van der Waals surface area contributed by atoms with Gasteiger partial charge in [0, 0.05) is 21.8 Å². The first-order chi connectivity index (χ1) is 16.5. The maximum Gasteiger partial charge on any atom is 0.326 e. The number of likely N-dealkylation sites (tertiary alicyclic amines) is 1. The Kier molecular flexibility index (Phi) is 6.82. The van der Waals surface area contributed by atoms with Gasteiger partial charge in [-0.05, 0) is 54.3 Å². The van der Waals surface area contributed by atoms with Gasteiger partial charge in [-0.1, -0.05) is 48.0 Å². The standard InChI is InChI=1S/C25H22ClFN2O5S/c1-35(33,34)28-17-6-4-5-15(13-17)18-10-9-16(14-21(18)27)24(30)29-22(11-12-23(29)25(31)32)19-7-2-3-8-20(19)26/h2-10,13-14,22-23,28H,11-12H2,1H3,(H,31,32)/t22-,23+/m1/s1. The number of carboxylic acid groups (broad SMARTS) is 1. The van der Waals surface area contributed by atoms with E-state index in [0.29, 0.717) is 22.6 Å². The third-order valence-electron chi connectivity index (χ3n) is 5.86. The van der Waals surface area contributed by atoms with Gasteiger partial charge in [-0.3, -0.25) is 9.52 Å². The molecule has 1 fully saturated rings. The molecule has 182 valence electrons. The first kappa shape index (κ1) is 24.7. The van der Waals surface area contributed by atoms with E-state index in [-0.39, 0.29) is 23.2 Å². The van der Waals surface area contributed by atoms with E-state index in [9.17, 15) is 23.1 Å². The predicted molar refractivity (Wildman–Crippen MR) is 131 cm³/mol. The number of rotatable bonds is 6. The highest BCUT2D eigenvalue weighted by Crippen LogP contribution is 2.40. The van der Waals surface area contributed by atoms with Crippen LogP contribution >= 0.6 is 11.6 Å². The Labute approximate surface area is 207 Å². The fourth-order valence-electron chi connectivity index (χ4n) is 4.38. The molecule has 7 nitrogen and oxygen atoms in total. The third kappa shape index (κ3) is 5.31. The number of hydrogen-bond acceptors (Lipinski definition) is 4. The Morgan fingerprint density at radius 2 is 1.80 bits per heavy atom. The smallest absolute Gasteiger partial charge is 0.326 e. The summed E-state index contributed by atoms with van der Waals surface area (Å²) in [7, 11) is -3.51. The third-order valence-corrected chi connectivity index (χ3v) is 6.81. The fraction of sp³-hybridized carbons (Fsp3) is 0.200. The minimum Gasteiger partial charge on any atom is -0.480 e. The van der Waals surface area contributed by atoms with Crippen molar-refractivity contribution in [3.05, 3.63) is 88.7 Å². The normalized spacial score (nSPS) is 17.9. The zero-order valence-electron chi connectivity index (χ0n) is 18.6. The minimum absolute atomic E-state index is 0.00173. The van der Waals surface area contributed by atoms with Crippen LogP contribution in [0.5, 0.6) is 0 Å². The van der Waals surface area contributed by atoms with Crippen molar-refractivity contribution in [2.75, 3.05) is 11.0 Å². The topological polar surface area (TPSA) is 104 Å². The van der Waals surface area contributed by atoms with E-state index in [1.807, 2.05) is 0 Å². The number of nitrogens with zero attached hydrogens (tertiary/aromatic N) is 1. The lowest BCUT2D eigenvalue weighted by atomic mass is 10.0. The van der Waals surface area contributed by atoms with Gasteiger partial charge < -0.3 is 10.0 Å². The average Bonchev–Trinajstić information content (AvgIpc) is 3.23. The van der Waals surface area contributed by atoms with Crippen LogP contribution in [0.25, 0.3) is 11.1 Å². The van der Waals surface area contributed by atoms with Crippen molar-refractivity contribution in [3.8, 4) is 11.1 Å². The maximum absolute atomic E-state index is 15.1. The number of amides is 1. The zero-order chi connectivity index (χ0) is 25.3. The Morgan fingerprint density at radius 1 is 1.06 bits per heavy atom. The minimum atomic E-state index is -3.51. The van der Waals surface area contributed by atoms with E-state index in [1.165, 1.54) is 29.2 Å². The molecule has 0 aliphatic carbocycles. The SMILES string of the molecule is CS(=O)(=O)Nc1cccc(-c2ccc(C(=O)N3[C@@H](c4ccccc4Cl)CC[C@H]3C(=O)O)cc2F)c1. The summed E-state index contributed by atoms with van der Waals surface area (Å²) in [6.45, 7) is 0. The summed E-state index contributed by atoms with van der Waals surface area (Å²) < 4.78 is 40.5. The van der Waals surface area contributed by atoms with Crippen LogP contribution in [0.3, 0.4) is 0 Å². The molecule has 0 aromatic heterocycles. The summed E-state index contributed by atoms with van der Waals surface area (Å²) in [4.78, 5) is 26.6. The first-order valence-electron chi connectivity index (χ1n) is 10.7. The molecule has 1 aliphatic heterocycles. The molecule has 0 unspecified atom stereocenters. The first-order valence-corrected chi connectivity index (χ1v) is 13.0. The molecule has 3 aromatic carbocycles. The van der Waals surface area contributed by atoms with Gasteiger partial charge >= 0.3 is 5.97 Å². The van der Waals surface area contributed by atoms with Gasteiger partial charge in [0.25, 0.3) is 5.91 Å². The molecular formula is C25H22ClFN2O5S. The Balaban J connectivity index is 1.68. The monoisotopic (exact) mass is 516 g/mol. The number of carboxylic acids is 1. The van der Waals surface area contributed by atoms with Crippen LogP contribution in [-0.2, 0) is 14.8 Å². The number of carbonyl (C=O) groups is 2. The van der Waals surface area contributed by atoms with E-state index in [0.717, 1.165) is 12.3 Å². The molecule has 0 saturated carbocycles. The molecule has 10 heteroatoms. The summed E-state index contributed by atoms with van der Waals surface area (Å²) in [5, 5.41) is 10.1. The summed E-state index contributed by atoms with van der Waals surface area (Å²) in [6.07, 6.45) is 1.67. The Morgan fingerprint density at radius 3 is 2.46 bits per heavy atom. The quantitative estimate of drug-likeness (QED) is 0.482. The number of halogens is 2. The van der Waals surface area contributed by atoms with E-state index in [4.69, 9.17) is 11.6 Å². The van der Waals surface area contributed by atoms with E-state index in [2.05, 4.69) is 4.72 Å². The van der Waals surface area contributed by atoms with Gasteiger partial charge in [-0.25, -0.2) is 17.6 Å². The van der Waals surface area contributed by atoms with Crippen LogP contribution in [0.4, 0.5) is 10.1 Å². The Hall–Kier alpha value is -3.43. The van der Waals surface area contributed by atoms with Crippen LogP contribution in [0.2, 0.25) is 5.02 Å². The van der Waals surface area contributed by atoms with E-state index < -0.39 is 39.8 Å². The molecule has 1 heterocycles. The van der Waals surface area contributed by atoms with Crippen LogP contribution in [0.15, 0.2) is 66.7 Å². The van der Waals surface area contributed by atoms with Gasteiger partial charge in [0.15, 0.2) is 0 Å². The molecule has 2 atom stereocenters. The van der Waals surface area contributed by atoms with Crippen molar-refractivity contribution in [2.45, 2.75) is 24.9 Å². The lowest BCUT2D eigenvalue weighted by molar-refractivity contribution is -0.141. The van der Waals surface area contributed by atoms with Crippen LogP contribution in [0.1, 0.15) is 34.8 Å². The highest BCUT2D eigenvalue weighted by atomic mass is 35.5. The van der Waals surface area contributed by atoms with Gasteiger partial charge in [0.1, 0.15) is 11.9 Å². The molecule has 4 rings (SSSR count). The summed E-state index contributed by atoms with van der Waals surface area (Å²) in [5.41, 5.74) is 1.49. The molecule has 3 aromatic rings. The number of benzene rings is 3. The zero-order valence-corrected chi connectivity index (χ0v) is 20.2. The van der Waals surface area contributed by atoms with Gasteiger partial charge in [0.2, 0.25) is 10.0 Å². The Bertz CT molecular complexity index is 1410. The summed E-state index contributed by atoms with van der Waals surface area (Å²) in [5.74, 6) is -2.45. The van der Waals surface area contributed by atoms with E-state index in [1.54, 1.807) is 36.4 Å². The molecule has 0 bridgehead atoms. The van der Waals surface area contributed by atoms with Gasteiger partial charge in [0.05, 0.1) is 12.3 Å². The molecule has 1 aliphatic rings. The number of aliphatic carboxylic acids is 1. The fourth-order valence-corrected chi connectivity index (χ4v) is 5.20. The van der Waals surface area contributed by atoms with Crippen LogP contribution in [0, 0.1) is 5.82 Å². The number of anilines is 1. The van der Waals surface area contributed by atoms with Crippen molar-refractivity contribution in [2.24, 2.45) is 0 Å². The van der Waals surface area contributed by atoms with Crippen molar-refractivity contribution in [1.29, 1.82) is 0 Å². The molecule has 2 N–H and O–H groups in total. The molecular weight excluding hydrogens is 495 g/mol. The molecule has 1 amide bonds. The molecule has 35 heavy (non-hydrogen) atoms. The maximum atomic E-state index is 15.1. The average molecular weight is 517 g/mol. The number of sulfonamides is 1. The summed E-state index contributed by atoms with van der Waals surface area (Å²) in [6, 6.07) is 15.4.